The van der Waals surface area contributed by atoms with Crippen molar-refractivity contribution in [3.63, 3.8) is 0 Å². The average Bonchev–Trinajstić information content (AvgIpc) is 2.61. The first kappa shape index (κ1) is 16.9. The number of carboxylic acid groups (broad SMARTS) is 1. The van der Waals surface area contributed by atoms with Crippen molar-refractivity contribution in [3.8, 4) is 0 Å². The van der Waals surface area contributed by atoms with Crippen LogP contribution in [-0.4, -0.2) is 44.3 Å². The Hall–Kier alpha value is -2.94. The third-order valence-corrected chi connectivity index (χ3v) is 4.26. The van der Waals surface area contributed by atoms with Crippen molar-refractivity contribution in [1.29, 1.82) is 0 Å². The number of aromatic nitrogens is 4. The van der Waals surface area contributed by atoms with Crippen LogP contribution < -0.4 is 10.6 Å². The molecular weight excluding hydrogens is 340 g/mol. The van der Waals surface area contributed by atoms with Crippen LogP contribution in [0.1, 0.15) is 16.1 Å². The van der Waals surface area contributed by atoms with E-state index in [4.69, 9.17) is 10.8 Å². The first-order chi connectivity index (χ1) is 12.0. The van der Waals surface area contributed by atoms with Gasteiger partial charge in [0.25, 0.3) is 0 Å². The molecule has 1 aromatic carbocycles. The molecule has 0 aliphatic rings. The van der Waals surface area contributed by atoms with E-state index in [1.54, 1.807) is 30.5 Å². The molecular formula is C16H16N6O2S. The van der Waals surface area contributed by atoms with Gasteiger partial charge in [0, 0.05) is 12.7 Å². The van der Waals surface area contributed by atoms with E-state index in [9.17, 15) is 4.79 Å². The Morgan fingerprint density at radius 3 is 2.60 bits per heavy atom. The summed E-state index contributed by atoms with van der Waals surface area (Å²) in [6.45, 7) is 0.507. The largest absolute Gasteiger partial charge is 0.478 e. The molecule has 128 valence electrons. The standard InChI is InChI=1S/C16H16N6O2S/c1-22(11-5-3-9(4-6-11)15(23)24)8-10-7-18-13-12(19-10)14(25-2)21-16(17)20-13/h3-7H,8H2,1-2H3,(H,23,24)(H2,17,18,20,21). The van der Waals surface area contributed by atoms with E-state index in [1.807, 2.05) is 18.2 Å². The van der Waals surface area contributed by atoms with Crippen LogP contribution in [0.3, 0.4) is 0 Å². The van der Waals surface area contributed by atoms with Crippen LogP contribution in [0.4, 0.5) is 11.6 Å². The van der Waals surface area contributed by atoms with Gasteiger partial charge >= 0.3 is 5.97 Å². The quantitative estimate of drug-likeness (QED) is 0.523. The molecule has 8 nitrogen and oxygen atoms in total. The maximum atomic E-state index is 10.9. The molecule has 0 radical (unpaired) electrons. The lowest BCUT2D eigenvalue weighted by molar-refractivity contribution is 0.0697. The number of nitrogens with two attached hydrogens (primary N) is 1. The number of benzene rings is 1. The summed E-state index contributed by atoms with van der Waals surface area (Å²) in [7, 11) is 1.90. The van der Waals surface area contributed by atoms with E-state index in [0.717, 1.165) is 11.4 Å². The lowest BCUT2D eigenvalue weighted by atomic mass is 10.2. The molecule has 0 spiro atoms. The second kappa shape index (κ2) is 6.89. The highest BCUT2D eigenvalue weighted by molar-refractivity contribution is 7.98. The minimum atomic E-state index is -0.946. The molecule has 9 heteroatoms. The normalized spacial score (nSPS) is 10.8. The summed E-state index contributed by atoms with van der Waals surface area (Å²) in [5.74, 6) is -0.770. The zero-order valence-corrected chi connectivity index (χ0v) is 14.5. The van der Waals surface area contributed by atoms with Gasteiger partial charge in [-0.3, -0.25) is 0 Å². The first-order valence-corrected chi connectivity index (χ1v) is 8.58. The second-order valence-electron chi connectivity index (χ2n) is 5.33. The minimum absolute atomic E-state index is 0.175. The number of hydrogen-bond donors (Lipinski definition) is 2. The molecule has 0 aliphatic carbocycles. The van der Waals surface area contributed by atoms with Gasteiger partial charge in [-0.2, -0.15) is 4.98 Å². The van der Waals surface area contributed by atoms with Crippen molar-refractivity contribution in [1.82, 2.24) is 19.9 Å². The van der Waals surface area contributed by atoms with Crippen molar-refractivity contribution < 1.29 is 9.90 Å². The minimum Gasteiger partial charge on any atom is -0.478 e. The van der Waals surface area contributed by atoms with Gasteiger partial charge in [0.15, 0.2) is 5.65 Å². The second-order valence-corrected chi connectivity index (χ2v) is 6.13. The number of nitrogens with zero attached hydrogens (tertiary/aromatic N) is 5. The maximum Gasteiger partial charge on any atom is 0.335 e. The summed E-state index contributed by atoms with van der Waals surface area (Å²) in [6.07, 6.45) is 3.55. The Labute approximate surface area is 148 Å². The summed E-state index contributed by atoms with van der Waals surface area (Å²) in [6, 6.07) is 6.66. The summed E-state index contributed by atoms with van der Waals surface area (Å²) >= 11 is 1.44. The van der Waals surface area contributed by atoms with Crippen LogP contribution in [-0.2, 0) is 6.54 Å². The average molecular weight is 356 g/mol. The number of carbonyl (C=O) groups is 1. The lowest BCUT2D eigenvalue weighted by Crippen LogP contribution is -2.17. The van der Waals surface area contributed by atoms with Crippen LogP contribution in [0.5, 0.6) is 0 Å². The fourth-order valence-corrected chi connectivity index (χ4v) is 2.86. The molecule has 0 atom stereocenters. The van der Waals surface area contributed by atoms with Crippen molar-refractivity contribution in [2.45, 2.75) is 11.6 Å². The Kier molecular flexibility index (Phi) is 4.66. The van der Waals surface area contributed by atoms with Gasteiger partial charge in [-0.1, -0.05) is 0 Å². The van der Waals surface area contributed by atoms with Crippen LogP contribution in [0, 0.1) is 0 Å². The molecule has 0 amide bonds. The van der Waals surface area contributed by atoms with Gasteiger partial charge in [0.2, 0.25) is 5.95 Å². The van der Waals surface area contributed by atoms with Crippen LogP contribution in [0.2, 0.25) is 0 Å². The topological polar surface area (TPSA) is 118 Å². The number of carboxylic acids is 1. The smallest absolute Gasteiger partial charge is 0.335 e. The Morgan fingerprint density at radius 1 is 1.24 bits per heavy atom. The Balaban J connectivity index is 1.86. The van der Waals surface area contributed by atoms with Crippen molar-refractivity contribution in [3.05, 3.63) is 41.7 Å². The SMILES string of the molecule is CSc1nc(N)nc2ncc(CN(C)c3ccc(C(=O)O)cc3)nc12. The summed E-state index contributed by atoms with van der Waals surface area (Å²) in [5, 5.41) is 9.65. The van der Waals surface area contributed by atoms with Crippen LogP contribution in [0.15, 0.2) is 35.5 Å². The van der Waals surface area contributed by atoms with Gasteiger partial charge in [-0.25, -0.2) is 19.7 Å². The third-order valence-electron chi connectivity index (χ3n) is 3.59. The predicted molar refractivity (Wildman–Crippen MR) is 96.8 cm³/mol. The molecule has 25 heavy (non-hydrogen) atoms. The fourth-order valence-electron chi connectivity index (χ4n) is 2.35. The fraction of sp³-hybridized carbons (Fsp3) is 0.188. The van der Waals surface area contributed by atoms with E-state index >= 15 is 0 Å². The highest BCUT2D eigenvalue weighted by Gasteiger charge is 2.11. The van der Waals surface area contributed by atoms with E-state index in [0.29, 0.717) is 22.7 Å². The van der Waals surface area contributed by atoms with Crippen molar-refractivity contribution >= 4 is 40.5 Å². The van der Waals surface area contributed by atoms with Gasteiger partial charge < -0.3 is 15.7 Å². The summed E-state index contributed by atoms with van der Waals surface area (Å²) in [5.41, 5.74) is 8.64. The number of thioether (sulfide) groups is 1. The maximum absolute atomic E-state index is 10.9. The molecule has 0 aliphatic heterocycles. The number of rotatable bonds is 5. The van der Waals surface area contributed by atoms with Gasteiger partial charge in [-0.05, 0) is 30.5 Å². The molecule has 0 saturated carbocycles. The number of fused-ring (bicyclic) bond motifs is 1. The van der Waals surface area contributed by atoms with Gasteiger partial charge in [0.05, 0.1) is 24.0 Å². The van der Waals surface area contributed by atoms with Crippen molar-refractivity contribution in [2.24, 2.45) is 0 Å². The molecule has 3 N–H and O–H groups in total. The Morgan fingerprint density at radius 2 is 1.96 bits per heavy atom. The molecule has 3 rings (SSSR count). The molecule has 0 unspecified atom stereocenters. The lowest BCUT2D eigenvalue weighted by Gasteiger charge is -2.19. The van der Waals surface area contributed by atoms with Crippen molar-refractivity contribution in [2.75, 3.05) is 23.9 Å². The van der Waals surface area contributed by atoms with Crippen LogP contribution >= 0.6 is 11.8 Å². The third kappa shape index (κ3) is 3.61. The first-order valence-electron chi connectivity index (χ1n) is 7.35. The number of nitrogen functional groups attached to an aromatic ring is 1. The van der Waals surface area contributed by atoms with Gasteiger partial charge in [0.1, 0.15) is 10.5 Å². The molecule has 0 fully saturated rings. The highest BCUT2D eigenvalue weighted by atomic mass is 32.2. The monoisotopic (exact) mass is 356 g/mol. The highest BCUT2D eigenvalue weighted by Crippen LogP contribution is 2.22. The number of anilines is 2. The van der Waals surface area contributed by atoms with Crippen LogP contribution in [0.25, 0.3) is 11.2 Å². The van der Waals surface area contributed by atoms with E-state index in [2.05, 4.69) is 19.9 Å². The molecule has 0 saturated heterocycles. The van der Waals surface area contributed by atoms with E-state index in [-0.39, 0.29) is 11.5 Å². The van der Waals surface area contributed by atoms with Gasteiger partial charge in [-0.15, -0.1) is 11.8 Å². The molecule has 2 heterocycles. The molecule has 0 bridgehead atoms. The molecule has 3 aromatic rings. The Bertz CT molecular complexity index is 932. The predicted octanol–water partition coefficient (Wildman–Crippen LogP) is 2.06. The zero-order valence-electron chi connectivity index (χ0n) is 13.7. The van der Waals surface area contributed by atoms with E-state index in [1.165, 1.54) is 11.8 Å². The van der Waals surface area contributed by atoms with E-state index < -0.39 is 5.97 Å². The number of hydrogen-bond acceptors (Lipinski definition) is 8. The zero-order chi connectivity index (χ0) is 18.0. The number of aromatic carboxylic acids is 1. The molecule has 2 aromatic heterocycles. The summed E-state index contributed by atoms with van der Waals surface area (Å²) in [4.78, 5) is 30.1. The summed E-state index contributed by atoms with van der Waals surface area (Å²) < 4.78 is 0.